The number of aromatic nitrogens is 2. The Morgan fingerprint density at radius 1 is 0.932 bits per heavy atom. The van der Waals surface area contributed by atoms with Crippen LogP contribution in [0.25, 0.3) is 27.2 Å². The van der Waals surface area contributed by atoms with Crippen LogP contribution < -0.4 is 19.1 Å². The first kappa shape index (κ1) is 38.6. The molecule has 13 nitrogen and oxygen atoms in total. The van der Waals surface area contributed by atoms with Crippen molar-refractivity contribution in [1.82, 2.24) is 24.7 Å². The highest BCUT2D eigenvalue weighted by molar-refractivity contribution is 7.92. The van der Waals surface area contributed by atoms with Crippen molar-refractivity contribution in [2.24, 2.45) is 12.0 Å². The number of fused-ring (bicyclic) bond motifs is 2. The van der Waals surface area contributed by atoms with Gasteiger partial charge >= 0.3 is 10.2 Å². The average molecular weight is 818 g/mol. The van der Waals surface area contributed by atoms with Gasteiger partial charge in [-0.15, -0.1) is 0 Å². The molecule has 4 aromatic carbocycles. The number of aliphatic imine (C=N–C) groups is 1. The molecule has 9 rings (SSSR count). The smallest absolute Gasteiger partial charge is 0.326 e. The van der Waals surface area contributed by atoms with Gasteiger partial charge in [0.15, 0.2) is 5.82 Å². The normalized spacial score (nSPS) is 21.0. The number of carbonyl (C=O) groups excluding carboxylic acids is 3. The Morgan fingerprint density at radius 3 is 2.49 bits per heavy atom. The molecule has 0 saturated carbocycles. The molecule has 15 heteroatoms. The van der Waals surface area contributed by atoms with Crippen LogP contribution in [0.15, 0.2) is 83.9 Å². The number of hydrogen-bond acceptors (Lipinski definition) is 9. The van der Waals surface area contributed by atoms with E-state index in [2.05, 4.69) is 34.5 Å². The molecule has 3 saturated heterocycles. The number of ether oxygens (including phenoxy) is 1. The Morgan fingerprint density at radius 2 is 1.73 bits per heavy atom. The molecule has 2 unspecified atom stereocenters. The van der Waals surface area contributed by atoms with Crippen LogP contribution in [-0.4, -0.2) is 79.3 Å². The lowest BCUT2D eigenvalue weighted by Crippen LogP contribution is -2.39. The number of likely N-dealkylation sites (tertiary alicyclic amines) is 1. The molecule has 5 aromatic rings. The summed E-state index contributed by atoms with van der Waals surface area (Å²) in [5, 5.41) is 8.86. The van der Waals surface area contributed by atoms with E-state index in [9.17, 15) is 22.8 Å². The van der Waals surface area contributed by atoms with Crippen LogP contribution in [-0.2, 0) is 38.2 Å². The lowest BCUT2D eigenvalue weighted by atomic mass is 9.87. The standard InChI is InChI=1S/C44H44FN7O6S/c1-50-37-22-30(10-12-35(37)42(48-50)36-13-14-39(53)47-44(36)55)28-15-18-51(19-16-28)17-5-8-33-21-32(24-46-33)29-9-11-34-31(20-29)23-38(58-26-27-6-3-2-4-7-27)43(41(34)45)52-25-40(54)49-59(52,56)57/h2-4,6-7,9-12,20-24,28,33,36H,5,8,13-19,25-26H2,1H3,(H,49,54)(H,47,53,55). The first-order chi connectivity index (χ1) is 28.5. The summed E-state index contributed by atoms with van der Waals surface area (Å²) in [5.41, 5.74) is 5.32. The summed E-state index contributed by atoms with van der Waals surface area (Å²) in [6, 6.07) is 22.7. The molecule has 2 N–H and O–H groups in total. The number of nitrogens with one attached hydrogen (secondary N) is 2. The highest BCUT2D eigenvalue weighted by Gasteiger charge is 2.38. The SMILES string of the molecule is Cn1nc(C2CCC(=O)NC2=O)c2ccc(C3CCN(CCCC4C=C(c5ccc6c(F)c(N7CC(=O)NS7(=O)=O)c(OCc7ccccc7)cc6c5)C=N4)CC3)cc21. The number of aryl methyl sites for hydroxylation is 1. The van der Waals surface area contributed by atoms with E-state index in [0.29, 0.717) is 24.1 Å². The molecule has 3 fully saturated rings. The van der Waals surface area contributed by atoms with Crippen LogP contribution in [0.2, 0.25) is 0 Å². The summed E-state index contributed by atoms with van der Waals surface area (Å²) >= 11 is 0. The van der Waals surface area contributed by atoms with Crippen molar-refractivity contribution < 1.29 is 31.9 Å². The fourth-order valence-corrected chi connectivity index (χ4v) is 9.97. The first-order valence-corrected chi connectivity index (χ1v) is 21.5. The number of allylic oxidation sites excluding steroid dienone is 1. The highest BCUT2D eigenvalue weighted by atomic mass is 32.2. The van der Waals surface area contributed by atoms with Crippen molar-refractivity contribution >= 4 is 67.1 Å². The van der Waals surface area contributed by atoms with Gasteiger partial charge in [0.25, 0.3) is 5.91 Å². The molecule has 59 heavy (non-hydrogen) atoms. The zero-order valence-corrected chi connectivity index (χ0v) is 33.4. The number of imide groups is 1. The summed E-state index contributed by atoms with van der Waals surface area (Å²) in [5.74, 6) is -2.00. The van der Waals surface area contributed by atoms with Gasteiger partial charge in [0.1, 0.15) is 24.6 Å². The topological polar surface area (TPSA) is 155 Å². The summed E-state index contributed by atoms with van der Waals surface area (Å²) in [7, 11) is -2.38. The van der Waals surface area contributed by atoms with Gasteiger partial charge < -0.3 is 9.64 Å². The van der Waals surface area contributed by atoms with Crippen molar-refractivity contribution in [3.05, 3.63) is 107 Å². The molecule has 5 heterocycles. The van der Waals surface area contributed by atoms with Gasteiger partial charge in [-0.3, -0.25) is 29.4 Å². The molecule has 304 valence electrons. The monoisotopic (exact) mass is 817 g/mol. The molecule has 0 aliphatic carbocycles. The summed E-state index contributed by atoms with van der Waals surface area (Å²) < 4.78 is 52.5. The lowest BCUT2D eigenvalue weighted by Gasteiger charge is -2.32. The molecule has 0 bridgehead atoms. The minimum absolute atomic E-state index is 0.0159. The van der Waals surface area contributed by atoms with E-state index >= 15 is 4.39 Å². The predicted molar refractivity (Wildman–Crippen MR) is 223 cm³/mol. The number of nitrogens with zero attached hydrogens (tertiary/aromatic N) is 5. The minimum atomic E-state index is -4.29. The zero-order chi connectivity index (χ0) is 40.8. The fraction of sp³-hybridized carbons (Fsp3) is 0.341. The predicted octanol–water partition coefficient (Wildman–Crippen LogP) is 5.64. The molecule has 4 aliphatic heterocycles. The minimum Gasteiger partial charge on any atom is -0.487 e. The van der Waals surface area contributed by atoms with Gasteiger partial charge in [0.05, 0.1) is 23.2 Å². The maximum absolute atomic E-state index is 16.3. The lowest BCUT2D eigenvalue weighted by molar-refractivity contribution is -0.134. The van der Waals surface area contributed by atoms with Gasteiger partial charge in [0.2, 0.25) is 11.8 Å². The van der Waals surface area contributed by atoms with E-state index in [1.54, 1.807) is 18.2 Å². The number of piperidine rings is 2. The van der Waals surface area contributed by atoms with Crippen LogP contribution in [0, 0.1) is 5.82 Å². The Labute approximate surface area is 341 Å². The van der Waals surface area contributed by atoms with E-state index in [1.807, 2.05) is 59.1 Å². The summed E-state index contributed by atoms with van der Waals surface area (Å²) in [6.07, 6.45) is 8.79. The first-order valence-electron chi connectivity index (χ1n) is 20.0. The number of anilines is 1. The quantitative estimate of drug-likeness (QED) is 0.162. The van der Waals surface area contributed by atoms with Crippen molar-refractivity contribution in [1.29, 1.82) is 0 Å². The molecule has 4 aliphatic rings. The molecule has 0 radical (unpaired) electrons. The van der Waals surface area contributed by atoms with Crippen molar-refractivity contribution in [3.8, 4) is 5.75 Å². The highest BCUT2D eigenvalue weighted by Crippen LogP contribution is 2.41. The van der Waals surface area contributed by atoms with Gasteiger partial charge in [-0.1, -0.05) is 60.7 Å². The zero-order valence-electron chi connectivity index (χ0n) is 32.6. The Kier molecular flexibility index (Phi) is 10.3. The molecule has 0 spiro atoms. The Hall–Kier alpha value is -5.93. The number of carbonyl (C=O) groups is 3. The second-order valence-electron chi connectivity index (χ2n) is 15.8. The summed E-state index contributed by atoms with van der Waals surface area (Å²) in [4.78, 5) is 43.6. The number of benzene rings is 4. The van der Waals surface area contributed by atoms with Crippen molar-refractivity contribution in [3.63, 3.8) is 0 Å². The molecule has 2 atom stereocenters. The van der Waals surface area contributed by atoms with Crippen molar-refractivity contribution in [2.45, 2.75) is 63.0 Å². The number of halogens is 1. The van der Waals surface area contributed by atoms with Gasteiger partial charge in [-0.05, 0) is 104 Å². The van der Waals surface area contributed by atoms with Crippen LogP contribution >= 0.6 is 0 Å². The largest absolute Gasteiger partial charge is 0.487 e. The van der Waals surface area contributed by atoms with Crippen LogP contribution in [0.5, 0.6) is 5.75 Å². The molecule has 1 aromatic heterocycles. The van der Waals surface area contributed by atoms with Gasteiger partial charge in [0, 0.05) is 30.5 Å². The van der Waals surface area contributed by atoms with Crippen molar-refractivity contribution in [2.75, 3.05) is 30.5 Å². The molecular formula is C44H44FN7O6S. The van der Waals surface area contributed by atoms with Gasteiger partial charge in [-0.2, -0.15) is 13.5 Å². The Bertz CT molecular complexity index is 2670. The number of amides is 3. The van der Waals surface area contributed by atoms with E-state index in [4.69, 9.17) is 14.8 Å². The number of rotatable bonds is 11. The van der Waals surface area contributed by atoms with Crippen LogP contribution in [0.3, 0.4) is 0 Å². The van der Waals surface area contributed by atoms with Crippen LogP contribution in [0.1, 0.15) is 72.7 Å². The average Bonchev–Trinajstić information content (AvgIpc) is 3.91. The van der Waals surface area contributed by atoms with E-state index in [-0.39, 0.29) is 41.3 Å². The Balaban J connectivity index is 0.827. The van der Waals surface area contributed by atoms with Crippen LogP contribution in [0.4, 0.5) is 10.1 Å². The molecule has 3 amide bonds. The second kappa shape index (κ2) is 15.7. The fourth-order valence-electron chi connectivity index (χ4n) is 8.81. The summed E-state index contributed by atoms with van der Waals surface area (Å²) in [6.45, 7) is 2.52. The number of hydrogen-bond donors (Lipinski definition) is 2. The van der Waals surface area contributed by atoms with E-state index in [0.717, 1.165) is 82.9 Å². The third kappa shape index (κ3) is 7.72. The maximum Gasteiger partial charge on any atom is 0.326 e. The van der Waals surface area contributed by atoms with E-state index in [1.165, 1.54) is 5.56 Å². The van der Waals surface area contributed by atoms with E-state index < -0.39 is 34.4 Å². The molecular weight excluding hydrogens is 774 g/mol. The third-order valence-electron chi connectivity index (χ3n) is 11.9. The van der Waals surface area contributed by atoms with Gasteiger partial charge in [-0.25, -0.2) is 13.4 Å². The maximum atomic E-state index is 16.3. The second-order valence-corrected chi connectivity index (χ2v) is 17.4. The third-order valence-corrected chi connectivity index (χ3v) is 13.3.